The Balaban J connectivity index is 1.67. The molecule has 0 aromatic heterocycles. The van der Waals surface area contributed by atoms with E-state index < -0.39 is 21.6 Å². The Kier molecular flexibility index (Phi) is 4.53. The Morgan fingerprint density at radius 3 is 2.50 bits per heavy atom. The summed E-state index contributed by atoms with van der Waals surface area (Å²) in [4.78, 5) is 12.4. The second kappa shape index (κ2) is 6.61. The third-order valence-electron chi connectivity index (χ3n) is 4.08. The molecule has 4 nitrogen and oxygen atoms in total. The number of carbonyl (C=O) groups excluding carboxylic acids is 1. The van der Waals surface area contributed by atoms with Crippen molar-refractivity contribution in [2.75, 3.05) is 5.75 Å². The minimum absolute atomic E-state index is 0.0526. The van der Waals surface area contributed by atoms with Crippen molar-refractivity contribution in [2.45, 2.75) is 23.8 Å². The summed E-state index contributed by atoms with van der Waals surface area (Å²) in [6.45, 7) is 3.61. The number of fused-ring (bicyclic) bond motifs is 1. The van der Waals surface area contributed by atoms with E-state index in [1.165, 1.54) is 12.1 Å². The van der Waals surface area contributed by atoms with E-state index in [-0.39, 0.29) is 16.6 Å². The molecule has 0 saturated heterocycles. The molecule has 0 bridgehead atoms. The van der Waals surface area contributed by atoms with Gasteiger partial charge in [0.1, 0.15) is 6.10 Å². The number of hydrogen-bond acceptors (Lipinski definition) is 4. The maximum atomic E-state index is 12.3. The molecule has 0 amide bonds. The molecule has 24 heavy (non-hydrogen) atoms. The van der Waals surface area contributed by atoms with E-state index in [4.69, 9.17) is 4.74 Å². The van der Waals surface area contributed by atoms with Crippen LogP contribution < -0.4 is 0 Å². The van der Waals surface area contributed by atoms with Crippen LogP contribution in [0.1, 0.15) is 23.7 Å². The molecule has 0 radical (unpaired) electrons. The van der Waals surface area contributed by atoms with Crippen molar-refractivity contribution < 1.29 is 17.9 Å². The molecule has 1 atom stereocenters. The zero-order valence-electron chi connectivity index (χ0n) is 13.1. The Hall–Kier alpha value is -2.40. The third kappa shape index (κ3) is 3.41. The number of ether oxygens (including phenoxy) is 1. The molecule has 124 valence electrons. The predicted molar refractivity (Wildman–Crippen MR) is 91.2 cm³/mol. The Bertz CT molecular complexity index is 869. The van der Waals surface area contributed by atoms with Crippen molar-refractivity contribution in [3.8, 4) is 0 Å². The second-order valence-corrected chi connectivity index (χ2v) is 7.80. The van der Waals surface area contributed by atoms with E-state index in [0.717, 1.165) is 17.5 Å². The van der Waals surface area contributed by atoms with Gasteiger partial charge in [-0.05, 0) is 36.1 Å². The quantitative estimate of drug-likeness (QED) is 0.618. The number of hydrogen-bond donors (Lipinski definition) is 0. The predicted octanol–water partition coefficient (Wildman–Crippen LogP) is 3.25. The molecule has 2 aromatic rings. The van der Waals surface area contributed by atoms with E-state index in [0.29, 0.717) is 6.42 Å². The second-order valence-electron chi connectivity index (χ2n) is 5.81. The molecule has 1 aliphatic rings. The molecule has 0 N–H and O–H groups in total. The number of carbonyl (C=O) groups is 1. The third-order valence-corrected chi connectivity index (χ3v) is 5.80. The van der Waals surface area contributed by atoms with E-state index in [1.807, 2.05) is 24.3 Å². The first-order valence-corrected chi connectivity index (χ1v) is 9.37. The molecule has 0 aliphatic heterocycles. The van der Waals surface area contributed by atoms with Gasteiger partial charge in [0.05, 0.1) is 10.6 Å². The zero-order chi connectivity index (χ0) is 17.2. The molecule has 0 spiro atoms. The minimum Gasteiger partial charge on any atom is -0.454 e. The highest BCUT2D eigenvalue weighted by molar-refractivity contribution is 7.91. The Morgan fingerprint density at radius 1 is 1.08 bits per heavy atom. The first-order chi connectivity index (χ1) is 11.5. The average Bonchev–Trinajstić information content (AvgIpc) is 2.98. The molecule has 2 aromatic carbocycles. The number of aryl methyl sites for hydroxylation is 1. The largest absolute Gasteiger partial charge is 0.454 e. The molecular weight excluding hydrogens is 324 g/mol. The Morgan fingerprint density at radius 2 is 1.75 bits per heavy atom. The fourth-order valence-electron chi connectivity index (χ4n) is 2.85. The van der Waals surface area contributed by atoms with Crippen LogP contribution in [0.4, 0.5) is 0 Å². The average molecular weight is 342 g/mol. The first kappa shape index (κ1) is 16.5. The van der Waals surface area contributed by atoms with Gasteiger partial charge in [-0.15, -0.1) is 0 Å². The van der Waals surface area contributed by atoms with Crippen LogP contribution in [0.2, 0.25) is 0 Å². The molecule has 0 heterocycles. The summed E-state index contributed by atoms with van der Waals surface area (Å²) >= 11 is 0. The molecule has 5 heteroatoms. The van der Waals surface area contributed by atoms with Gasteiger partial charge >= 0.3 is 5.97 Å². The fourth-order valence-corrected chi connectivity index (χ4v) is 4.17. The van der Waals surface area contributed by atoms with Gasteiger partial charge in [0.25, 0.3) is 0 Å². The lowest BCUT2D eigenvalue weighted by Crippen LogP contribution is -2.18. The van der Waals surface area contributed by atoms with Crippen molar-refractivity contribution in [2.24, 2.45) is 0 Å². The van der Waals surface area contributed by atoms with E-state index in [9.17, 15) is 13.2 Å². The van der Waals surface area contributed by atoms with Gasteiger partial charge in [0.15, 0.2) is 9.84 Å². The fraction of sp³-hybridized carbons (Fsp3) is 0.211. The van der Waals surface area contributed by atoms with Crippen LogP contribution in [0.3, 0.4) is 0 Å². The van der Waals surface area contributed by atoms with Crippen LogP contribution in [-0.2, 0) is 25.8 Å². The number of benzene rings is 2. The molecular formula is C19H18O4S. The standard InChI is InChI=1S/C19H18O4S/c1-14(13-24(21,22)16-8-3-2-4-9-16)19(20)23-18-12-11-15-7-5-6-10-17(15)18/h2-10,18H,1,11-13H2. The van der Waals surface area contributed by atoms with Crippen molar-refractivity contribution in [1.82, 2.24) is 0 Å². The topological polar surface area (TPSA) is 60.4 Å². The molecule has 0 fully saturated rings. The monoisotopic (exact) mass is 342 g/mol. The first-order valence-electron chi connectivity index (χ1n) is 7.72. The summed E-state index contributed by atoms with van der Waals surface area (Å²) in [7, 11) is -3.60. The normalized spacial score (nSPS) is 16.4. The van der Waals surface area contributed by atoms with Gasteiger partial charge in [-0.25, -0.2) is 13.2 Å². The van der Waals surface area contributed by atoms with Crippen LogP contribution in [-0.4, -0.2) is 20.1 Å². The maximum Gasteiger partial charge on any atom is 0.335 e. The van der Waals surface area contributed by atoms with Gasteiger partial charge in [-0.2, -0.15) is 0 Å². The molecule has 1 aliphatic carbocycles. The van der Waals surface area contributed by atoms with Crippen LogP contribution in [0, 0.1) is 0 Å². The summed E-state index contributed by atoms with van der Waals surface area (Å²) in [5, 5.41) is 0. The van der Waals surface area contributed by atoms with Crippen molar-refractivity contribution in [3.63, 3.8) is 0 Å². The lowest BCUT2D eigenvalue weighted by molar-refractivity contribution is -0.144. The van der Waals surface area contributed by atoms with Crippen LogP contribution >= 0.6 is 0 Å². The van der Waals surface area contributed by atoms with Crippen LogP contribution in [0.25, 0.3) is 0 Å². The van der Waals surface area contributed by atoms with Gasteiger partial charge in [-0.1, -0.05) is 49.0 Å². The summed E-state index contributed by atoms with van der Waals surface area (Å²) in [6.07, 6.45) is 1.23. The van der Waals surface area contributed by atoms with Crippen molar-refractivity contribution in [1.29, 1.82) is 0 Å². The van der Waals surface area contributed by atoms with Crippen LogP contribution in [0.5, 0.6) is 0 Å². The molecule has 1 unspecified atom stereocenters. The molecule has 3 rings (SSSR count). The lowest BCUT2D eigenvalue weighted by atomic mass is 10.1. The van der Waals surface area contributed by atoms with Crippen molar-refractivity contribution >= 4 is 15.8 Å². The minimum atomic E-state index is -3.60. The van der Waals surface area contributed by atoms with Crippen LogP contribution in [0.15, 0.2) is 71.6 Å². The van der Waals surface area contributed by atoms with Gasteiger partial charge < -0.3 is 4.74 Å². The highest BCUT2D eigenvalue weighted by Crippen LogP contribution is 2.34. The maximum absolute atomic E-state index is 12.3. The molecule has 0 saturated carbocycles. The highest BCUT2D eigenvalue weighted by Gasteiger charge is 2.27. The van der Waals surface area contributed by atoms with Gasteiger partial charge in [0.2, 0.25) is 0 Å². The number of esters is 1. The summed E-state index contributed by atoms with van der Waals surface area (Å²) in [5.41, 5.74) is 2.10. The van der Waals surface area contributed by atoms with Gasteiger partial charge in [0, 0.05) is 5.57 Å². The summed E-state index contributed by atoms with van der Waals surface area (Å²) in [5.74, 6) is -1.10. The number of sulfone groups is 1. The van der Waals surface area contributed by atoms with E-state index >= 15 is 0 Å². The smallest absolute Gasteiger partial charge is 0.335 e. The SMILES string of the molecule is C=C(CS(=O)(=O)c1ccccc1)C(=O)OC1CCc2ccccc21. The Labute approximate surface area is 141 Å². The zero-order valence-corrected chi connectivity index (χ0v) is 14.0. The number of rotatable bonds is 5. The highest BCUT2D eigenvalue weighted by atomic mass is 32.2. The summed E-state index contributed by atoms with van der Waals surface area (Å²) in [6, 6.07) is 15.8. The lowest BCUT2D eigenvalue weighted by Gasteiger charge is -2.14. The van der Waals surface area contributed by atoms with Crippen molar-refractivity contribution in [3.05, 3.63) is 77.9 Å². The summed E-state index contributed by atoms with van der Waals surface area (Å²) < 4.78 is 30.1. The van der Waals surface area contributed by atoms with Gasteiger partial charge in [-0.3, -0.25) is 0 Å². The van der Waals surface area contributed by atoms with E-state index in [1.54, 1.807) is 18.2 Å². The van der Waals surface area contributed by atoms with E-state index in [2.05, 4.69) is 6.58 Å².